The topological polar surface area (TPSA) is 48.9 Å². The lowest BCUT2D eigenvalue weighted by molar-refractivity contribution is 0.128. The summed E-state index contributed by atoms with van der Waals surface area (Å²) in [6, 6.07) is 0. The van der Waals surface area contributed by atoms with Crippen LogP contribution in [0.2, 0.25) is 0 Å². The van der Waals surface area contributed by atoms with E-state index in [-0.39, 0.29) is 24.0 Å². The van der Waals surface area contributed by atoms with Crippen molar-refractivity contribution in [3.8, 4) is 0 Å². The third-order valence-electron chi connectivity index (χ3n) is 3.98. The zero-order chi connectivity index (χ0) is 15.5. The maximum Gasteiger partial charge on any atom is 0.191 e. The van der Waals surface area contributed by atoms with Gasteiger partial charge >= 0.3 is 0 Å². The van der Waals surface area contributed by atoms with E-state index in [1.807, 2.05) is 7.05 Å². The number of hydrogen-bond donors (Lipinski definition) is 2. The molecule has 2 N–H and O–H groups in total. The highest BCUT2D eigenvalue weighted by molar-refractivity contribution is 14.0. The Bertz CT molecular complexity index is 300. The molecule has 0 aromatic heterocycles. The van der Waals surface area contributed by atoms with Gasteiger partial charge < -0.3 is 20.3 Å². The largest absolute Gasteiger partial charge is 0.380 e. The van der Waals surface area contributed by atoms with Crippen LogP contribution in [0.25, 0.3) is 0 Å². The van der Waals surface area contributed by atoms with Crippen LogP contribution >= 0.6 is 24.0 Å². The minimum absolute atomic E-state index is 0. The molecule has 0 aromatic carbocycles. The van der Waals surface area contributed by atoms with Gasteiger partial charge in [-0.3, -0.25) is 4.99 Å². The minimum Gasteiger partial charge on any atom is -0.380 e. The summed E-state index contributed by atoms with van der Waals surface area (Å²) >= 11 is 0. The van der Waals surface area contributed by atoms with Crippen molar-refractivity contribution >= 4 is 29.9 Å². The molecule has 132 valence electrons. The minimum atomic E-state index is 0. The highest BCUT2D eigenvalue weighted by Crippen LogP contribution is 2.14. The molecule has 0 bridgehead atoms. The molecule has 6 heteroatoms. The lowest BCUT2D eigenvalue weighted by Crippen LogP contribution is -2.41. The SMILES string of the molecule is CCN1CCC(CNC(=NC)NCCOCCC(C)C)C1.I. The van der Waals surface area contributed by atoms with Gasteiger partial charge in [-0.25, -0.2) is 0 Å². The first-order chi connectivity index (χ1) is 10.2. The zero-order valence-corrected chi connectivity index (χ0v) is 17.1. The highest BCUT2D eigenvalue weighted by Gasteiger charge is 2.20. The van der Waals surface area contributed by atoms with Crippen LogP contribution in [0.4, 0.5) is 0 Å². The Morgan fingerprint density at radius 2 is 2.09 bits per heavy atom. The van der Waals surface area contributed by atoms with Gasteiger partial charge in [-0.2, -0.15) is 0 Å². The number of ether oxygens (including phenoxy) is 1. The molecule has 0 radical (unpaired) electrons. The smallest absolute Gasteiger partial charge is 0.191 e. The van der Waals surface area contributed by atoms with Crippen molar-refractivity contribution in [2.24, 2.45) is 16.8 Å². The summed E-state index contributed by atoms with van der Waals surface area (Å²) in [6.07, 6.45) is 2.42. The number of rotatable bonds is 9. The van der Waals surface area contributed by atoms with E-state index in [4.69, 9.17) is 4.74 Å². The van der Waals surface area contributed by atoms with Crippen LogP contribution in [0.5, 0.6) is 0 Å². The molecule has 5 nitrogen and oxygen atoms in total. The fourth-order valence-electron chi connectivity index (χ4n) is 2.49. The lowest BCUT2D eigenvalue weighted by Gasteiger charge is -2.16. The average Bonchev–Trinajstić information content (AvgIpc) is 2.93. The van der Waals surface area contributed by atoms with Crippen molar-refractivity contribution in [3.63, 3.8) is 0 Å². The van der Waals surface area contributed by atoms with Crippen molar-refractivity contribution in [1.29, 1.82) is 0 Å². The van der Waals surface area contributed by atoms with E-state index < -0.39 is 0 Å². The van der Waals surface area contributed by atoms with Crippen LogP contribution < -0.4 is 10.6 Å². The van der Waals surface area contributed by atoms with Crippen molar-refractivity contribution in [2.45, 2.75) is 33.6 Å². The first kappa shape index (κ1) is 21.9. The van der Waals surface area contributed by atoms with Gasteiger partial charge in [-0.1, -0.05) is 20.8 Å². The molecule has 0 aromatic rings. The van der Waals surface area contributed by atoms with Crippen LogP contribution in [0.3, 0.4) is 0 Å². The number of guanidine groups is 1. The van der Waals surface area contributed by atoms with Gasteiger partial charge in [0.1, 0.15) is 0 Å². The van der Waals surface area contributed by atoms with Crippen molar-refractivity contribution in [3.05, 3.63) is 0 Å². The number of aliphatic imine (C=N–C) groups is 1. The monoisotopic (exact) mass is 426 g/mol. The Kier molecular flexibility index (Phi) is 13.3. The van der Waals surface area contributed by atoms with E-state index in [0.29, 0.717) is 5.92 Å². The van der Waals surface area contributed by atoms with Gasteiger partial charge in [0.25, 0.3) is 0 Å². The first-order valence-electron chi connectivity index (χ1n) is 8.40. The number of halogens is 1. The van der Waals surface area contributed by atoms with Crippen LogP contribution in [-0.4, -0.2) is 63.8 Å². The van der Waals surface area contributed by atoms with E-state index in [9.17, 15) is 0 Å². The van der Waals surface area contributed by atoms with Gasteiger partial charge in [0.2, 0.25) is 0 Å². The maximum atomic E-state index is 5.59. The molecule has 1 atom stereocenters. The molecule has 0 aliphatic carbocycles. The Labute approximate surface area is 153 Å². The molecule has 1 heterocycles. The van der Waals surface area contributed by atoms with E-state index in [2.05, 4.69) is 41.3 Å². The Hall–Kier alpha value is -0.0800. The molecule has 1 unspecified atom stereocenters. The molecular weight excluding hydrogens is 391 g/mol. The number of likely N-dealkylation sites (tertiary alicyclic amines) is 1. The molecule has 1 rings (SSSR count). The molecule has 0 saturated carbocycles. The highest BCUT2D eigenvalue weighted by atomic mass is 127. The fourth-order valence-corrected chi connectivity index (χ4v) is 2.49. The van der Waals surface area contributed by atoms with Crippen molar-refractivity contribution in [2.75, 3.05) is 53.0 Å². The lowest BCUT2D eigenvalue weighted by atomic mass is 10.1. The Morgan fingerprint density at radius 1 is 1.32 bits per heavy atom. The summed E-state index contributed by atoms with van der Waals surface area (Å²) in [7, 11) is 1.82. The molecule has 1 aliphatic rings. The van der Waals surface area contributed by atoms with Crippen LogP contribution in [0.1, 0.15) is 33.6 Å². The standard InChI is InChI=1S/C16H34N4O.HI/c1-5-20-9-6-15(13-20)12-19-16(17-4)18-8-11-21-10-7-14(2)3;/h14-15H,5-13H2,1-4H3,(H2,17,18,19);1H. The second-order valence-electron chi connectivity index (χ2n) is 6.22. The molecule has 0 spiro atoms. The van der Waals surface area contributed by atoms with E-state index in [0.717, 1.165) is 51.1 Å². The summed E-state index contributed by atoms with van der Waals surface area (Å²) in [6.45, 7) is 13.7. The molecule has 22 heavy (non-hydrogen) atoms. The van der Waals surface area contributed by atoms with Crippen LogP contribution in [0.15, 0.2) is 4.99 Å². The third kappa shape index (κ3) is 9.84. The second kappa shape index (κ2) is 13.4. The van der Waals surface area contributed by atoms with Crippen molar-refractivity contribution < 1.29 is 4.74 Å². The number of nitrogens with one attached hydrogen (secondary N) is 2. The van der Waals surface area contributed by atoms with Gasteiger partial charge in [0, 0.05) is 33.3 Å². The number of hydrogen-bond acceptors (Lipinski definition) is 3. The molecule has 0 amide bonds. The summed E-state index contributed by atoms with van der Waals surface area (Å²) in [4.78, 5) is 6.76. The zero-order valence-electron chi connectivity index (χ0n) is 14.7. The Morgan fingerprint density at radius 3 is 2.68 bits per heavy atom. The second-order valence-corrected chi connectivity index (χ2v) is 6.22. The van der Waals surface area contributed by atoms with Crippen LogP contribution in [-0.2, 0) is 4.74 Å². The Balaban J connectivity index is 0.00000441. The van der Waals surface area contributed by atoms with Gasteiger partial charge in [-0.05, 0) is 37.8 Å². The third-order valence-corrected chi connectivity index (χ3v) is 3.98. The normalized spacial score (nSPS) is 19.3. The summed E-state index contributed by atoms with van der Waals surface area (Å²) < 4.78 is 5.59. The molecule has 1 aliphatic heterocycles. The van der Waals surface area contributed by atoms with Gasteiger partial charge in [0.15, 0.2) is 5.96 Å². The summed E-state index contributed by atoms with van der Waals surface area (Å²) in [5.41, 5.74) is 0. The maximum absolute atomic E-state index is 5.59. The summed E-state index contributed by atoms with van der Waals surface area (Å²) in [5, 5.41) is 6.73. The number of nitrogens with zero attached hydrogens (tertiary/aromatic N) is 2. The predicted molar refractivity (Wildman–Crippen MR) is 105 cm³/mol. The average molecular weight is 426 g/mol. The van der Waals surface area contributed by atoms with E-state index in [1.165, 1.54) is 19.5 Å². The van der Waals surface area contributed by atoms with E-state index >= 15 is 0 Å². The van der Waals surface area contributed by atoms with E-state index in [1.54, 1.807) is 0 Å². The van der Waals surface area contributed by atoms with Crippen LogP contribution in [0, 0.1) is 11.8 Å². The van der Waals surface area contributed by atoms with Crippen molar-refractivity contribution in [1.82, 2.24) is 15.5 Å². The molecule has 1 fully saturated rings. The van der Waals surface area contributed by atoms with Gasteiger partial charge in [0.05, 0.1) is 6.61 Å². The summed E-state index contributed by atoms with van der Waals surface area (Å²) in [5.74, 6) is 2.34. The van der Waals surface area contributed by atoms with Gasteiger partial charge in [-0.15, -0.1) is 24.0 Å². The molecular formula is C16H35IN4O. The first-order valence-corrected chi connectivity index (χ1v) is 8.40. The fraction of sp³-hybridized carbons (Fsp3) is 0.938. The quantitative estimate of drug-likeness (QED) is 0.257. The predicted octanol–water partition coefficient (Wildman–Crippen LogP) is 2.17. The molecule has 1 saturated heterocycles.